The van der Waals surface area contributed by atoms with E-state index in [4.69, 9.17) is 5.73 Å². The summed E-state index contributed by atoms with van der Waals surface area (Å²) in [6.45, 7) is 3.01. The second-order valence-electron chi connectivity index (χ2n) is 4.04. The van der Waals surface area contributed by atoms with Crippen molar-refractivity contribution in [1.29, 1.82) is 0 Å². The molecule has 0 fully saturated rings. The zero-order valence-electron chi connectivity index (χ0n) is 9.58. The van der Waals surface area contributed by atoms with Gasteiger partial charge in [-0.2, -0.15) is 22.0 Å². The van der Waals surface area contributed by atoms with Crippen LogP contribution in [0.3, 0.4) is 0 Å². The lowest BCUT2D eigenvalue weighted by Crippen LogP contribution is -2.40. The predicted molar refractivity (Wildman–Crippen MR) is 55.2 cm³/mol. The maximum Gasteiger partial charge on any atom is 0.456 e. The van der Waals surface area contributed by atoms with Crippen LogP contribution in [0.2, 0.25) is 0 Å². The summed E-state index contributed by atoms with van der Waals surface area (Å²) >= 11 is 0. The number of nitrogen functional groups attached to an aromatic ring is 1. The minimum Gasteiger partial charge on any atom is -0.398 e. The van der Waals surface area contributed by atoms with Crippen LogP contribution in [-0.4, -0.2) is 12.1 Å². The van der Waals surface area contributed by atoms with E-state index in [9.17, 15) is 26.3 Å². The monoisotopic (exact) mass is 271 g/mol. The van der Waals surface area contributed by atoms with Crippen molar-refractivity contribution in [2.45, 2.75) is 32.1 Å². The van der Waals surface area contributed by atoms with Crippen LogP contribution in [-0.2, 0) is 0 Å². The Morgan fingerprint density at radius 3 is 1.94 bits per heavy atom. The molecule has 18 heavy (non-hydrogen) atoms. The minimum atomic E-state index is -5.94. The molecule has 1 aromatic carbocycles. The second-order valence-corrected chi connectivity index (χ2v) is 4.04. The van der Waals surface area contributed by atoms with Gasteiger partial charge >= 0.3 is 12.1 Å². The molecular weight excluding hydrogens is 260 g/mol. The molecule has 1 nitrogen and oxygen atoms in total. The molecule has 0 aliphatic rings. The summed E-state index contributed by atoms with van der Waals surface area (Å²) in [4.78, 5) is 0. The summed E-state index contributed by atoms with van der Waals surface area (Å²) in [6.07, 6.45) is -9.42. The fraction of sp³-hybridized carbons (Fsp3) is 0.455. The van der Waals surface area contributed by atoms with Crippen LogP contribution in [0.5, 0.6) is 0 Å². The van der Waals surface area contributed by atoms with Gasteiger partial charge in [0.1, 0.15) is 0 Å². The van der Waals surface area contributed by atoms with E-state index >= 15 is 0 Å². The number of nitrogens with two attached hydrogens (primary N) is 1. The number of rotatable bonds is 2. The number of alkyl halides is 6. The number of aryl methyl sites for hydroxylation is 1. The zero-order chi connectivity index (χ0) is 14.3. The Bertz CT molecular complexity index is 428. The van der Waals surface area contributed by atoms with Crippen molar-refractivity contribution >= 4 is 5.69 Å². The van der Waals surface area contributed by atoms with Crippen molar-refractivity contribution in [3.8, 4) is 0 Å². The molecule has 2 N–H and O–H groups in total. The van der Waals surface area contributed by atoms with E-state index < -0.39 is 23.8 Å². The summed E-state index contributed by atoms with van der Waals surface area (Å²) in [5, 5.41) is 0. The van der Waals surface area contributed by atoms with E-state index in [1.54, 1.807) is 6.92 Å². The molecule has 102 valence electrons. The predicted octanol–water partition coefficient (Wildman–Crippen LogP) is 4.09. The van der Waals surface area contributed by atoms with Crippen LogP contribution in [0, 0.1) is 13.8 Å². The van der Waals surface area contributed by atoms with Gasteiger partial charge in [-0.3, -0.25) is 0 Å². The summed E-state index contributed by atoms with van der Waals surface area (Å²) in [5.74, 6) is -5.44. The van der Waals surface area contributed by atoms with Gasteiger partial charge in [0.15, 0.2) is 6.17 Å². The quantitative estimate of drug-likeness (QED) is 0.636. The van der Waals surface area contributed by atoms with Crippen molar-refractivity contribution in [3.05, 3.63) is 28.8 Å². The average molecular weight is 271 g/mol. The molecule has 0 saturated carbocycles. The van der Waals surface area contributed by atoms with Crippen LogP contribution in [0.1, 0.15) is 22.9 Å². The fourth-order valence-corrected chi connectivity index (χ4v) is 1.41. The van der Waals surface area contributed by atoms with Crippen LogP contribution in [0.25, 0.3) is 0 Å². The first-order valence-corrected chi connectivity index (χ1v) is 4.93. The summed E-state index contributed by atoms with van der Waals surface area (Å²) < 4.78 is 75.1. The molecule has 0 radical (unpaired) electrons. The number of halogens is 6. The number of hydrogen-bond donors (Lipinski definition) is 1. The number of hydrogen-bond acceptors (Lipinski definition) is 1. The standard InChI is InChI=1S/C11H11F6N/c1-5-3-7(4-8(18)6(5)2)9(12)10(13,14)11(15,16)17/h3-4,9H,18H2,1-2H3. The van der Waals surface area contributed by atoms with E-state index in [1.165, 1.54) is 6.92 Å². The van der Waals surface area contributed by atoms with Crippen molar-refractivity contribution in [3.63, 3.8) is 0 Å². The SMILES string of the molecule is Cc1cc(C(F)C(F)(F)C(F)(F)F)cc(N)c1C. The van der Waals surface area contributed by atoms with Crippen LogP contribution >= 0.6 is 0 Å². The lowest BCUT2D eigenvalue weighted by molar-refractivity contribution is -0.305. The molecule has 1 atom stereocenters. The van der Waals surface area contributed by atoms with Gasteiger partial charge in [0.2, 0.25) is 0 Å². The summed E-state index contributed by atoms with van der Waals surface area (Å²) in [7, 11) is 0. The number of anilines is 1. The molecule has 1 aromatic rings. The second kappa shape index (κ2) is 4.37. The smallest absolute Gasteiger partial charge is 0.398 e. The topological polar surface area (TPSA) is 26.0 Å². The maximum absolute atomic E-state index is 13.4. The first kappa shape index (κ1) is 14.7. The number of benzene rings is 1. The van der Waals surface area contributed by atoms with Gasteiger partial charge in [-0.05, 0) is 36.6 Å². The Labute approximate surface area is 99.6 Å². The third-order valence-corrected chi connectivity index (χ3v) is 2.72. The van der Waals surface area contributed by atoms with Crippen LogP contribution < -0.4 is 5.73 Å². The van der Waals surface area contributed by atoms with Gasteiger partial charge in [0.05, 0.1) is 0 Å². The van der Waals surface area contributed by atoms with Crippen molar-refractivity contribution in [2.75, 3.05) is 5.73 Å². The highest BCUT2D eigenvalue weighted by molar-refractivity contribution is 5.53. The van der Waals surface area contributed by atoms with Gasteiger partial charge in [0, 0.05) is 5.69 Å². The van der Waals surface area contributed by atoms with Crippen LogP contribution in [0.4, 0.5) is 32.0 Å². The van der Waals surface area contributed by atoms with E-state index in [2.05, 4.69) is 0 Å². The molecular formula is C11H11F6N. The molecule has 1 unspecified atom stereocenters. The van der Waals surface area contributed by atoms with Crippen molar-refractivity contribution in [1.82, 2.24) is 0 Å². The molecule has 0 spiro atoms. The Morgan fingerprint density at radius 2 is 1.56 bits per heavy atom. The van der Waals surface area contributed by atoms with Gasteiger partial charge in [-0.15, -0.1) is 0 Å². The third kappa shape index (κ3) is 2.39. The van der Waals surface area contributed by atoms with E-state index in [-0.39, 0.29) is 5.69 Å². The normalized spacial score (nSPS) is 14.7. The van der Waals surface area contributed by atoms with Gasteiger partial charge in [0.25, 0.3) is 0 Å². The fourth-order valence-electron chi connectivity index (χ4n) is 1.41. The minimum absolute atomic E-state index is 0.0226. The average Bonchev–Trinajstić information content (AvgIpc) is 2.22. The Balaban J connectivity index is 3.24. The zero-order valence-corrected chi connectivity index (χ0v) is 9.58. The Kier molecular flexibility index (Phi) is 3.56. The lowest BCUT2D eigenvalue weighted by Gasteiger charge is -2.24. The Morgan fingerprint density at radius 1 is 1.06 bits per heavy atom. The lowest BCUT2D eigenvalue weighted by atomic mass is 9.98. The van der Waals surface area contributed by atoms with E-state index in [0.717, 1.165) is 12.1 Å². The molecule has 7 heteroatoms. The molecule has 0 amide bonds. The molecule has 1 rings (SSSR count). The largest absolute Gasteiger partial charge is 0.456 e. The van der Waals surface area contributed by atoms with Crippen molar-refractivity contribution in [2.24, 2.45) is 0 Å². The van der Waals surface area contributed by atoms with Gasteiger partial charge in [-0.1, -0.05) is 6.07 Å². The molecule has 0 aliphatic carbocycles. The highest BCUT2D eigenvalue weighted by Crippen LogP contribution is 2.47. The first-order valence-electron chi connectivity index (χ1n) is 4.93. The van der Waals surface area contributed by atoms with Gasteiger partial charge in [-0.25, -0.2) is 4.39 Å². The Hall–Kier alpha value is -1.40. The molecule has 0 aromatic heterocycles. The highest BCUT2D eigenvalue weighted by Gasteiger charge is 2.63. The first-order chi connectivity index (χ1) is 7.98. The van der Waals surface area contributed by atoms with E-state index in [0.29, 0.717) is 11.1 Å². The molecule has 0 bridgehead atoms. The highest BCUT2D eigenvalue weighted by atomic mass is 19.4. The summed E-state index contributed by atoms with van der Waals surface area (Å²) in [5.41, 5.74) is 5.48. The van der Waals surface area contributed by atoms with Crippen LogP contribution in [0.15, 0.2) is 12.1 Å². The molecule has 0 heterocycles. The molecule has 0 aliphatic heterocycles. The third-order valence-electron chi connectivity index (χ3n) is 2.72. The maximum atomic E-state index is 13.4. The van der Waals surface area contributed by atoms with Crippen molar-refractivity contribution < 1.29 is 26.3 Å². The molecule has 0 saturated heterocycles. The van der Waals surface area contributed by atoms with Gasteiger partial charge < -0.3 is 5.73 Å². The van der Waals surface area contributed by atoms with E-state index in [1.807, 2.05) is 0 Å². The summed E-state index contributed by atoms with van der Waals surface area (Å²) in [6, 6.07) is 1.74.